The van der Waals surface area contributed by atoms with Crippen molar-refractivity contribution >= 4 is 21.8 Å². The predicted molar refractivity (Wildman–Crippen MR) is 82.8 cm³/mol. The van der Waals surface area contributed by atoms with Crippen LogP contribution in [0.1, 0.15) is 11.1 Å². The lowest BCUT2D eigenvalue weighted by molar-refractivity contribution is 0.265. The molecule has 1 aromatic heterocycles. The first kappa shape index (κ1) is 13.0. The highest BCUT2D eigenvalue weighted by molar-refractivity contribution is 5.97. The quantitative estimate of drug-likeness (QED) is 0.716. The Morgan fingerprint density at radius 1 is 1.10 bits per heavy atom. The van der Waals surface area contributed by atoms with Gasteiger partial charge in [-0.15, -0.1) is 0 Å². The molecule has 3 N–H and O–H groups in total. The van der Waals surface area contributed by atoms with E-state index in [1.807, 2.05) is 24.3 Å². The number of aliphatic hydroxyl groups excluding tert-OH is 1. The third kappa shape index (κ3) is 2.26. The van der Waals surface area contributed by atoms with Crippen molar-refractivity contribution < 1.29 is 5.11 Å². The summed E-state index contributed by atoms with van der Waals surface area (Å²) >= 11 is 0. The van der Waals surface area contributed by atoms with Gasteiger partial charge in [-0.3, -0.25) is 0 Å². The second kappa shape index (κ2) is 5.19. The molecule has 102 valence electrons. The maximum absolute atomic E-state index is 9.25. The van der Waals surface area contributed by atoms with Crippen LogP contribution in [0.15, 0.2) is 42.5 Å². The first-order valence-electron chi connectivity index (χ1n) is 6.83. The number of para-hydroxylation sites is 1. The molecule has 3 nitrogen and oxygen atoms in total. The number of nitrogens with two attached hydrogens (primary N) is 1. The zero-order valence-corrected chi connectivity index (χ0v) is 11.5. The third-order valence-electron chi connectivity index (χ3n) is 3.65. The molecule has 0 amide bonds. The normalized spacial score (nSPS) is 12.9. The predicted octanol–water partition coefficient (Wildman–Crippen LogP) is 2.56. The van der Waals surface area contributed by atoms with Gasteiger partial charge in [0.2, 0.25) is 0 Å². The lowest BCUT2D eigenvalue weighted by Crippen LogP contribution is -2.27. The van der Waals surface area contributed by atoms with Crippen LogP contribution in [0.2, 0.25) is 0 Å². The number of fused-ring (bicyclic) bond motifs is 2. The molecule has 1 atom stereocenters. The molecule has 1 unspecified atom stereocenters. The lowest BCUT2D eigenvalue weighted by Gasteiger charge is -2.14. The molecule has 0 saturated heterocycles. The smallest absolute Gasteiger partial charge is 0.0712 e. The van der Waals surface area contributed by atoms with Gasteiger partial charge < -0.3 is 10.8 Å². The van der Waals surface area contributed by atoms with E-state index in [1.54, 1.807) is 0 Å². The Labute approximate surface area is 118 Å². The minimum absolute atomic E-state index is 0.00996. The minimum atomic E-state index is -0.246. The van der Waals surface area contributed by atoms with Crippen molar-refractivity contribution in [2.75, 3.05) is 6.61 Å². The molecular weight excluding hydrogens is 248 g/mol. The number of aryl methyl sites for hydroxylation is 1. The fourth-order valence-electron chi connectivity index (χ4n) is 2.64. The fraction of sp³-hybridized carbons (Fsp3) is 0.235. The van der Waals surface area contributed by atoms with Gasteiger partial charge >= 0.3 is 0 Å². The largest absolute Gasteiger partial charge is 0.395 e. The molecule has 0 aliphatic carbocycles. The Morgan fingerprint density at radius 3 is 2.65 bits per heavy atom. The first-order valence-corrected chi connectivity index (χ1v) is 6.83. The summed E-state index contributed by atoms with van der Waals surface area (Å²) < 4.78 is 0. The second-order valence-corrected chi connectivity index (χ2v) is 5.27. The van der Waals surface area contributed by atoms with Crippen LogP contribution >= 0.6 is 0 Å². The average molecular weight is 266 g/mol. The van der Waals surface area contributed by atoms with E-state index in [2.05, 4.69) is 25.1 Å². The number of hydrogen-bond acceptors (Lipinski definition) is 3. The van der Waals surface area contributed by atoms with E-state index >= 15 is 0 Å². The zero-order valence-electron chi connectivity index (χ0n) is 11.5. The monoisotopic (exact) mass is 266 g/mol. The van der Waals surface area contributed by atoms with Gasteiger partial charge in [-0.05, 0) is 37.1 Å². The molecule has 3 heteroatoms. The lowest BCUT2D eigenvalue weighted by atomic mass is 9.96. The summed E-state index contributed by atoms with van der Waals surface area (Å²) in [6.45, 7) is 2.06. The fourth-order valence-corrected chi connectivity index (χ4v) is 2.64. The Morgan fingerprint density at radius 2 is 1.85 bits per heavy atom. The Kier molecular flexibility index (Phi) is 3.38. The standard InChI is InChI=1S/C17H18N2O/c1-11-6-7-17-15(8-11)14(9-12(18)10-20)13-4-2-3-5-16(13)19-17/h2-8,12,20H,9-10,18H2,1H3. The first-order chi connectivity index (χ1) is 9.69. The topological polar surface area (TPSA) is 59.1 Å². The number of aliphatic hydroxyl groups is 1. The molecule has 3 aromatic rings. The average Bonchev–Trinajstić information content (AvgIpc) is 2.47. The Balaban J connectivity index is 2.35. The summed E-state index contributed by atoms with van der Waals surface area (Å²) in [5, 5.41) is 11.5. The van der Waals surface area contributed by atoms with Gasteiger partial charge in [0.05, 0.1) is 17.6 Å². The van der Waals surface area contributed by atoms with Crippen molar-refractivity contribution in [3.05, 3.63) is 53.6 Å². The van der Waals surface area contributed by atoms with Crippen LogP contribution in [0.4, 0.5) is 0 Å². The van der Waals surface area contributed by atoms with E-state index in [1.165, 1.54) is 11.1 Å². The minimum Gasteiger partial charge on any atom is -0.395 e. The van der Waals surface area contributed by atoms with E-state index in [4.69, 9.17) is 10.7 Å². The molecule has 3 rings (SSSR count). The summed E-state index contributed by atoms with van der Waals surface area (Å²) in [7, 11) is 0. The Hall–Kier alpha value is -1.97. The molecule has 0 aliphatic heterocycles. The van der Waals surface area contributed by atoms with Gasteiger partial charge in [-0.1, -0.05) is 29.8 Å². The van der Waals surface area contributed by atoms with Gasteiger partial charge in [0.1, 0.15) is 0 Å². The van der Waals surface area contributed by atoms with Gasteiger partial charge in [-0.25, -0.2) is 4.98 Å². The molecule has 0 bridgehead atoms. The SMILES string of the molecule is Cc1ccc2nc3ccccc3c(CC(N)CO)c2c1. The highest BCUT2D eigenvalue weighted by Gasteiger charge is 2.12. The zero-order chi connectivity index (χ0) is 14.1. The third-order valence-corrected chi connectivity index (χ3v) is 3.65. The number of nitrogens with zero attached hydrogens (tertiary/aromatic N) is 1. The maximum Gasteiger partial charge on any atom is 0.0712 e. The van der Waals surface area contributed by atoms with Crippen LogP contribution in [0.5, 0.6) is 0 Å². The highest BCUT2D eigenvalue weighted by atomic mass is 16.3. The van der Waals surface area contributed by atoms with Crippen molar-refractivity contribution in [3.63, 3.8) is 0 Å². The number of benzene rings is 2. The van der Waals surface area contributed by atoms with Gasteiger partial charge in [-0.2, -0.15) is 0 Å². The highest BCUT2D eigenvalue weighted by Crippen LogP contribution is 2.27. The Bertz CT molecular complexity index is 767. The van der Waals surface area contributed by atoms with E-state index in [0.717, 1.165) is 21.8 Å². The van der Waals surface area contributed by atoms with E-state index in [9.17, 15) is 5.11 Å². The van der Waals surface area contributed by atoms with Gasteiger partial charge in [0, 0.05) is 16.8 Å². The summed E-state index contributed by atoms with van der Waals surface area (Å²) in [6.07, 6.45) is 0.652. The molecule has 0 saturated carbocycles. The van der Waals surface area contributed by atoms with Crippen LogP contribution in [0, 0.1) is 6.92 Å². The van der Waals surface area contributed by atoms with E-state index in [-0.39, 0.29) is 12.6 Å². The number of rotatable bonds is 3. The summed E-state index contributed by atoms with van der Waals surface area (Å²) in [5.74, 6) is 0. The van der Waals surface area contributed by atoms with Crippen molar-refractivity contribution in [2.24, 2.45) is 5.73 Å². The van der Waals surface area contributed by atoms with Crippen LogP contribution in [0.25, 0.3) is 21.8 Å². The second-order valence-electron chi connectivity index (χ2n) is 5.27. The molecule has 1 heterocycles. The summed E-state index contributed by atoms with van der Waals surface area (Å²) in [4.78, 5) is 4.71. The summed E-state index contributed by atoms with van der Waals surface area (Å²) in [6, 6.07) is 14.1. The van der Waals surface area contributed by atoms with Crippen LogP contribution in [-0.2, 0) is 6.42 Å². The van der Waals surface area contributed by atoms with Gasteiger partial charge in [0.25, 0.3) is 0 Å². The van der Waals surface area contributed by atoms with Crippen molar-refractivity contribution in [1.82, 2.24) is 4.98 Å². The number of hydrogen-bond donors (Lipinski definition) is 2. The molecule has 2 aromatic carbocycles. The van der Waals surface area contributed by atoms with Crippen molar-refractivity contribution in [1.29, 1.82) is 0 Å². The molecule has 0 aliphatic rings. The summed E-state index contributed by atoms with van der Waals surface area (Å²) in [5.41, 5.74) is 10.3. The van der Waals surface area contributed by atoms with Crippen LogP contribution in [-0.4, -0.2) is 22.7 Å². The van der Waals surface area contributed by atoms with Crippen LogP contribution < -0.4 is 5.73 Å². The van der Waals surface area contributed by atoms with E-state index < -0.39 is 0 Å². The molecular formula is C17H18N2O. The van der Waals surface area contributed by atoms with Crippen LogP contribution in [0.3, 0.4) is 0 Å². The molecule has 0 radical (unpaired) electrons. The van der Waals surface area contributed by atoms with Crippen molar-refractivity contribution in [3.8, 4) is 0 Å². The maximum atomic E-state index is 9.25. The number of pyridine rings is 1. The molecule has 20 heavy (non-hydrogen) atoms. The molecule has 0 fully saturated rings. The van der Waals surface area contributed by atoms with Gasteiger partial charge in [0.15, 0.2) is 0 Å². The van der Waals surface area contributed by atoms with E-state index in [0.29, 0.717) is 6.42 Å². The van der Waals surface area contributed by atoms with Crippen molar-refractivity contribution in [2.45, 2.75) is 19.4 Å². The molecule has 0 spiro atoms. The number of aromatic nitrogens is 1.